The van der Waals surface area contributed by atoms with E-state index in [4.69, 9.17) is 16.3 Å². The van der Waals surface area contributed by atoms with Gasteiger partial charge in [-0.15, -0.1) is 0 Å². The minimum Gasteiger partial charge on any atom is -0.495 e. The lowest BCUT2D eigenvalue weighted by molar-refractivity contribution is -0.124. The molecule has 0 aromatic heterocycles. The van der Waals surface area contributed by atoms with E-state index in [9.17, 15) is 9.59 Å². The van der Waals surface area contributed by atoms with Crippen molar-refractivity contribution in [2.75, 3.05) is 37.5 Å². The van der Waals surface area contributed by atoms with E-state index in [0.29, 0.717) is 23.0 Å². The van der Waals surface area contributed by atoms with E-state index in [0.717, 1.165) is 12.1 Å². The Labute approximate surface area is 170 Å². The number of para-hydroxylation sites is 1. The molecular weight excluding hydrogens is 378 g/mol. The molecule has 1 heterocycles. The highest BCUT2D eigenvalue weighted by Crippen LogP contribution is 2.29. The summed E-state index contributed by atoms with van der Waals surface area (Å²) in [5.74, 6) is 0.267. The first-order chi connectivity index (χ1) is 13.4. The van der Waals surface area contributed by atoms with E-state index in [-0.39, 0.29) is 18.4 Å². The Morgan fingerprint density at radius 2 is 2.04 bits per heavy atom. The number of carbonyl (C=O) groups excluding carboxylic acids is 2. The van der Waals surface area contributed by atoms with Crippen molar-refractivity contribution in [1.82, 2.24) is 4.90 Å². The number of benzene rings is 2. The Kier molecular flexibility index (Phi) is 6.21. The molecule has 2 aromatic rings. The number of amides is 2. The molecule has 148 valence electrons. The Balaban J connectivity index is 1.63. The van der Waals surface area contributed by atoms with Crippen LogP contribution in [0.2, 0.25) is 5.02 Å². The van der Waals surface area contributed by atoms with Crippen LogP contribution in [-0.2, 0) is 16.0 Å². The zero-order chi connectivity index (χ0) is 20.3. The van der Waals surface area contributed by atoms with Gasteiger partial charge in [0, 0.05) is 17.3 Å². The van der Waals surface area contributed by atoms with Crippen LogP contribution in [0.4, 0.5) is 11.4 Å². The number of hydrogen-bond donors (Lipinski definition) is 1. The third-order valence-corrected chi connectivity index (χ3v) is 5.24. The molecule has 0 radical (unpaired) electrons. The molecule has 2 aromatic carbocycles. The Bertz CT molecular complexity index is 887. The van der Waals surface area contributed by atoms with Gasteiger partial charge in [-0.25, -0.2) is 0 Å². The summed E-state index contributed by atoms with van der Waals surface area (Å²) in [6.45, 7) is 2.55. The van der Waals surface area contributed by atoms with E-state index in [1.54, 1.807) is 35.0 Å². The molecule has 0 unspecified atom stereocenters. The van der Waals surface area contributed by atoms with Gasteiger partial charge in [0.25, 0.3) is 0 Å². The molecule has 1 aliphatic rings. The van der Waals surface area contributed by atoms with Gasteiger partial charge in [-0.1, -0.05) is 29.8 Å². The highest BCUT2D eigenvalue weighted by Gasteiger charge is 2.30. The average Bonchev–Trinajstić information content (AvgIpc) is 3.11. The number of methoxy groups -OCH3 is 1. The standard InChI is InChI=1S/C21H24ClN3O3/c1-14(21(27)25-11-10-15-6-4-5-7-18(15)25)24(2)13-20(26)23-17-12-16(22)8-9-19(17)28-3/h4-9,12,14H,10-11,13H2,1-3H3,(H,23,26)/t14-/m1/s1. The summed E-state index contributed by atoms with van der Waals surface area (Å²) < 4.78 is 5.24. The maximum absolute atomic E-state index is 12.9. The first-order valence-electron chi connectivity index (χ1n) is 9.13. The van der Waals surface area contributed by atoms with Crippen LogP contribution in [0, 0.1) is 0 Å². The van der Waals surface area contributed by atoms with Gasteiger partial charge < -0.3 is 15.0 Å². The maximum atomic E-state index is 12.9. The molecule has 7 heteroatoms. The number of likely N-dealkylation sites (N-methyl/N-ethyl adjacent to an activating group) is 1. The van der Waals surface area contributed by atoms with E-state index in [2.05, 4.69) is 5.32 Å². The molecule has 1 aliphatic heterocycles. The number of hydrogen-bond acceptors (Lipinski definition) is 4. The lowest BCUT2D eigenvalue weighted by Gasteiger charge is -2.28. The molecule has 0 spiro atoms. The first-order valence-corrected chi connectivity index (χ1v) is 9.51. The molecule has 3 rings (SSSR count). The second-order valence-corrected chi connectivity index (χ2v) is 7.29. The van der Waals surface area contributed by atoms with Crippen molar-refractivity contribution in [3.8, 4) is 5.75 Å². The van der Waals surface area contributed by atoms with Crippen LogP contribution in [0.1, 0.15) is 12.5 Å². The van der Waals surface area contributed by atoms with Crippen LogP contribution in [0.25, 0.3) is 0 Å². The zero-order valence-corrected chi connectivity index (χ0v) is 17.0. The van der Waals surface area contributed by atoms with E-state index in [1.165, 1.54) is 12.7 Å². The SMILES string of the molecule is COc1ccc(Cl)cc1NC(=O)CN(C)[C@H](C)C(=O)N1CCc2ccccc21. The van der Waals surface area contributed by atoms with Gasteiger partial charge >= 0.3 is 0 Å². The van der Waals surface area contributed by atoms with Gasteiger partial charge in [0.2, 0.25) is 11.8 Å². The van der Waals surface area contributed by atoms with Crippen molar-refractivity contribution in [2.24, 2.45) is 0 Å². The van der Waals surface area contributed by atoms with Crippen LogP contribution in [0.15, 0.2) is 42.5 Å². The number of halogens is 1. The van der Waals surface area contributed by atoms with Crippen molar-refractivity contribution in [1.29, 1.82) is 0 Å². The third-order valence-electron chi connectivity index (χ3n) is 5.00. The van der Waals surface area contributed by atoms with E-state index < -0.39 is 6.04 Å². The quantitative estimate of drug-likeness (QED) is 0.807. The van der Waals surface area contributed by atoms with E-state index in [1.807, 2.05) is 31.2 Å². The predicted molar refractivity (Wildman–Crippen MR) is 111 cm³/mol. The van der Waals surface area contributed by atoms with E-state index >= 15 is 0 Å². The van der Waals surface area contributed by atoms with Crippen LogP contribution in [-0.4, -0.2) is 50.0 Å². The molecular formula is C21H24ClN3O3. The summed E-state index contributed by atoms with van der Waals surface area (Å²) in [5.41, 5.74) is 2.64. The van der Waals surface area contributed by atoms with Crippen molar-refractivity contribution in [3.05, 3.63) is 53.1 Å². The summed E-state index contributed by atoms with van der Waals surface area (Å²) in [7, 11) is 3.29. The van der Waals surface area contributed by atoms with Gasteiger partial charge in [0.05, 0.1) is 25.4 Å². The second-order valence-electron chi connectivity index (χ2n) is 6.85. The molecule has 0 fully saturated rings. The summed E-state index contributed by atoms with van der Waals surface area (Å²) in [6.07, 6.45) is 0.855. The molecule has 2 amide bonds. The molecule has 0 aliphatic carbocycles. The number of nitrogens with one attached hydrogen (secondary N) is 1. The number of fused-ring (bicyclic) bond motifs is 1. The van der Waals surface area contributed by atoms with Crippen molar-refractivity contribution >= 4 is 34.8 Å². The van der Waals surface area contributed by atoms with Crippen molar-refractivity contribution in [2.45, 2.75) is 19.4 Å². The molecule has 1 atom stereocenters. The van der Waals surface area contributed by atoms with Gasteiger partial charge in [-0.05, 0) is 50.2 Å². The predicted octanol–water partition coefficient (Wildman–Crippen LogP) is 3.20. The second kappa shape index (κ2) is 8.63. The number of carbonyl (C=O) groups is 2. The highest BCUT2D eigenvalue weighted by atomic mass is 35.5. The van der Waals surface area contributed by atoms with Gasteiger partial charge in [0.15, 0.2) is 0 Å². The molecule has 1 N–H and O–H groups in total. The fraction of sp³-hybridized carbons (Fsp3) is 0.333. The number of nitrogens with zero attached hydrogens (tertiary/aromatic N) is 2. The van der Waals surface area contributed by atoms with Gasteiger partial charge in [-0.3, -0.25) is 14.5 Å². The van der Waals surface area contributed by atoms with Crippen molar-refractivity contribution in [3.63, 3.8) is 0 Å². The fourth-order valence-corrected chi connectivity index (χ4v) is 3.48. The Morgan fingerprint density at radius 1 is 1.29 bits per heavy atom. The molecule has 0 saturated heterocycles. The summed E-state index contributed by atoms with van der Waals surface area (Å²) in [4.78, 5) is 29.0. The van der Waals surface area contributed by atoms with Gasteiger partial charge in [-0.2, -0.15) is 0 Å². The largest absolute Gasteiger partial charge is 0.495 e. The molecule has 6 nitrogen and oxygen atoms in total. The molecule has 0 bridgehead atoms. The zero-order valence-electron chi connectivity index (χ0n) is 16.2. The van der Waals surface area contributed by atoms with Gasteiger partial charge in [0.1, 0.15) is 5.75 Å². The smallest absolute Gasteiger partial charge is 0.244 e. The Morgan fingerprint density at radius 3 is 2.79 bits per heavy atom. The topological polar surface area (TPSA) is 61.9 Å². The highest BCUT2D eigenvalue weighted by molar-refractivity contribution is 6.31. The van der Waals surface area contributed by atoms with Crippen molar-refractivity contribution < 1.29 is 14.3 Å². The average molecular weight is 402 g/mol. The first kappa shape index (κ1) is 20.2. The fourth-order valence-electron chi connectivity index (χ4n) is 3.31. The van der Waals surface area contributed by atoms with Crippen LogP contribution in [0.5, 0.6) is 5.75 Å². The molecule has 0 saturated carbocycles. The summed E-state index contributed by atoms with van der Waals surface area (Å²) in [6, 6.07) is 12.5. The number of rotatable bonds is 6. The normalized spacial score (nSPS) is 14.0. The van der Waals surface area contributed by atoms with Crippen LogP contribution < -0.4 is 15.0 Å². The maximum Gasteiger partial charge on any atom is 0.244 e. The van der Waals surface area contributed by atoms with Crippen LogP contribution >= 0.6 is 11.6 Å². The third kappa shape index (κ3) is 4.29. The molecule has 28 heavy (non-hydrogen) atoms. The minimum atomic E-state index is -0.432. The van der Waals surface area contributed by atoms with Crippen LogP contribution in [0.3, 0.4) is 0 Å². The lowest BCUT2D eigenvalue weighted by Crippen LogP contribution is -2.47. The Hall–Kier alpha value is -2.57. The summed E-state index contributed by atoms with van der Waals surface area (Å²) in [5, 5.41) is 3.30. The monoisotopic (exact) mass is 401 g/mol. The number of ether oxygens (including phenoxy) is 1. The summed E-state index contributed by atoms with van der Waals surface area (Å²) >= 11 is 6.00. The number of anilines is 2. The lowest BCUT2D eigenvalue weighted by atomic mass is 10.2. The minimum absolute atomic E-state index is 0.0133.